The summed E-state index contributed by atoms with van der Waals surface area (Å²) in [6.45, 7) is 5.21. The second-order valence-electron chi connectivity index (χ2n) is 7.15. The highest BCUT2D eigenvalue weighted by atomic mass is 19.4. The molecule has 2 aliphatic rings. The van der Waals surface area contributed by atoms with E-state index in [1.807, 2.05) is 13.8 Å². The van der Waals surface area contributed by atoms with Gasteiger partial charge in [0.15, 0.2) is 5.69 Å². The summed E-state index contributed by atoms with van der Waals surface area (Å²) in [4.78, 5) is 17.7. The number of likely N-dealkylation sites (tertiary alicyclic amines) is 1. The molecule has 0 aliphatic carbocycles. The van der Waals surface area contributed by atoms with E-state index in [9.17, 15) is 18.0 Å². The molecule has 0 saturated carbocycles. The van der Waals surface area contributed by atoms with E-state index in [2.05, 4.69) is 4.98 Å². The van der Waals surface area contributed by atoms with E-state index in [-0.39, 0.29) is 23.1 Å². The maximum absolute atomic E-state index is 12.8. The van der Waals surface area contributed by atoms with E-state index in [1.165, 1.54) is 6.07 Å². The minimum Gasteiger partial charge on any atom is -0.376 e. The number of hydrogen-bond donors (Lipinski definition) is 0. The fraction of sp³-hybridized carbons (Fsp3) is 0.588. The van der Waals surface area contributed by atoms with Gasteiger partial charge in [-0.15, -0.1) is 0 Å². The minimum absolute atomic E-state index is 0.0111. The maximum Gasteiger partial charge on any atom is 0.434 e. The van der Waals surface area contributed by atoms with Crippen molar-refractivity contribution in [3.05, 3.63) is 29.1 Å². The monoisotopic (exact) mass is 353 g/mol. The van der Waals surface area contributed by atoms with Crippen LogP contribution in [-0.2, 0) is 10.9 Å². The molecule has 2 unspecified atom stereocenters. The molecule has 1 aromatic heterocycles. The summed E-state index contributed by atoms with van der Waals surface area (Å²) in [6, 6.07) is 2.32. The number of pyridine rings is 1. The molecule has 0 aromatic carbocycles. The Kier molecular flexibility index (Phi) is 4.23. The molecule has 0 N–H and O–H groups in total. The number of hydrogen-bond acceptors (Lipinski definition) is 4. The number of halogens is 3. The molecular formula is C17H18F3N3O2. The zero-order valence-corrected chi connectivity index (χ0v) is 13.9. The molecule has 0 spiro atoms. The van der Waals surface area contributed by atoms with Gasteiger partial charge in [-0.2, -0.15) is 18.4 Å². The van der Waals surface area contributed by atoms with Crippen LogP contribution in [0.15, 0.2) is 12.3 Å². The molecule has 5 nitrogen and oxygen atoms in total. The number of nitrogens with zero attached hydrogens (tertiary/aromatic N) is 3. The van der Waals surface area contributed by atoms with Crippen LogP contribution in [0.1, 0.15) is 48.3 Å². The van der Waals surface area contributed by atoms with Gasteiger partial charge in [-0.3, -0.25) is 4.79 Å². The van der Waals surface area contributed by atoms with Gasteiger partial charge < -0.3 is 9.64 Å². The Morgan fingerprint density at radius 3 is 2.72 bits per heavy atom. The lowest BCUT2D eigenvalue weighted by atomic mass is 9.71. The number of nitriles is 1. The summed E-state index contributed by atoms with van der Waals surface area (Å²) in [5.41, 5.74) is -2.05. The van der Waals surface area contributed by atoms with Crippen LogP contribution < -0.4 is 0 Å². The number of ether oxygens (including phenoxy) is 1. The third kappa shape index (κ3) is 3.09. The molecule has 1 amide bonds. The van der Waals surface area contributed by atoms with Crippen molar-refractivity contribution in [3.8, 4) is 6.07 Å². The van der Waals surface area contributed by atoms with Gasteiger partial charge in [0, 0.05) is 24.8 Å². The first-order chi connectivity index (χ1) is 11.6. The van der Waals surface area contributed by atoms with Crippen LogP contribution in [0.4, 0.5) is 13.2 Å². The first kappa shape index (κ1) is 17.7. The van der Waals surface area contributed by atoms with Crippen molar-refractivity contribution in [3.63, 3.8) is 0 Å². The van der Waals surface area contributed by atoms with Gasteiger partial charge in [0.05, 0.1) is 23.3 Å². The van der Waals surface area contributed by atoms with Crippen LogP contribution in [0.25, 0.3) is 0 Å². The average Bonchev–Trinajstić information content (AvgIpc) is 3.04. The summed E-state index contributed by atoms with van der Waals surface area (Å²) in [5, 5.41) is 8.97. The topological polar surface area (TPSA) is 66.2 Å². The predicted molar refractivity (Wildman–Crippen MR) is 81.5 cm³/mol. The SMILES string of the molecule is CC1(C)CN(C(=O)c2cnc(C(F)(F)F)c(C#N)c2)C1C1CCCO1. The summed E-state index contributed by atoms with van der Waals surface area (Å²) in [6.07, 6.45) is -2.12. The van der Waals surface area contributed by atoms with Crippen molar-refractivity contribution >= 4 is 5.91 Å². The lowest BCUT2D eigenvalue weighted by molar-refractivity contribution is -0.141. The molecule has 2 fully saturated rings. The lowest BCUT2D eigenvalue weighted by Gasteiger charge is -2.56. The Bertz CT molecular complexity index is 734. The van der Waals surface area contributed by atoms with E-state index < -0.39 is 23.3 Å². The Morgan fingerprint density at radius 2 is 2.20 bits per heavy atom. The van der Waals surface area contributed by atoms with Crippen molar-refractivity contribution in [1.82, 2.24) is 9.88 Å². The predicted octanol–water partition coefficient (Wildman–Crippen LogP) is 3.00. The highest BCUT2D eigenvalue weighted by Crippen LogP contribution is 2.43. The fourth-order valence-electron chi connectivity index (χ4n) is 3.75. The highest BCUT2D eigenvalue weighted by Gasteiger charge is 2.53. The zero-order valence-electron chi connectivity index (χ0n) is 13.9. The molecule has 0 radical (unpaired) electrons. The molecule has 25 heavy (non-hydrogen) atoms. The van der Waals surface area contributed by atoms with Gasteiger partial charge in [0.25, 0.3) is 5.91 Å². The molecule has 2 aliphatic heterocycles. The standard InChI is InChI=1S/C17H18F3N3O2/c1-16(2)9-23(14(16)12-4-3-5-25-12)15(24)11-6-10(7-21)13(22-8-11)17(18,19)20/h6,8,12,14H,3-5,9H2,1-2H3. The molecule has 2 saturated heterocycles. The van der Waals surface area contributed by atoms with Crippen LogP contribution in [0, 0.1) is 16.7 Å². The third-order valence-electron chi connectivity index (χ3n) is 4.82. The van der Waals surface area contributed by atoms with E-state index in [4.69, 9.17) is 10.00 Å². The van der Waals surface area contributed by atoms with Gasteiger partial charge >= 0.3 is 6.18 Å². The number of rotatable bonds is 2. The van der Waals surface area contributed by atoms with Crippen molar-refractivity contribution in [2.75, 3.05) is 13.2 Å². The summed E-state index contributed by atoms with van der Waals surface area (Å²) < 4.78 is 44.2. The van der Waals surface area contributed by atoms with Crippen molar-refractivity contribution in [1.29, 1.82) is 5.26 Å². The van der Waals surface area contributed by atoms with Crippen molar-refractivity contribution in [2.24, 2.45) is 5.41 Å². The molecule has 3 rings (SSSR count). The first-order valence-corrected chi connectivity index (χ1v) is 8.05. The van der Waals surface area contributed by atoms with E-state index in [0.29, 0.717) is 13.2 Å². The molecule has 1 aromatic rings. The quantitative estimate of drug-likeness (QED) is 0.820. The molecule has 134 valence electrons. The summed E-state index contributed by atoms with van der Waals surface area (Å²) >= 11 is 0. The van der Waals surface area contributed by atoms with E-state index >= 15 is 0 Å². The van der Waals surface area contributed by atoms with Crippen molar-refractivity contribution in [2.45, 2.75) is 45.0 Å². The van der Waals surface area contributed by atoms with Gasteiger partial charge in [0.2, 0.25) is 0 Å². The fourth-order valence-corrected chi connectivity index (χ4v) is 3.75. The number of amides is 1. The highest BCUT2D eigenvalue weighted by molar-refractivity contribution is 5.95. The smallest absolute Gasteiger partial charge is 0.376 e. The third-order valence-corrected chi connectivity index (χ3v) is 4.82. The van der Waals surface area contributed by atoms with Crippen LogP contribution in [-0.4, -0.2) is 41.1 Å². The van der Waals surface area contributed by atoms with E-state index in [0.717, 1.165) is 25.1 Å². The van der Waals surface area contributed by atoms with Crippen LogP contribution in [0.3, 0.4) is 0 Å². The van der Waals surface area contributed by atoms with Crippen LogP contribution in [0.2, 0.25) is 0 Å². The van der Waals surface area contributed by atoms with Gasteiger partial charge in [0.1, 0.15) is 6.07 Å². The Hall–Kier alpha value is -2.14. The number of carbonyl (C=O) groups excluding carboxylic acids is 1. The second-order valence-corrected chi connectivity index (χ2v) is 7.15. The lowest BCUT2D eigenvalue weighted by Crippen LogP contribution is -2.68. The Labute approximate surface area is 143 Å². The molecule has 3 heterocycles. The maximum atomic E-state index is 12.8. The molecular weight excluding hydrogens is 335 g/mol. The summed E-state index contributed by atoms with van der Waals surface area (Å²) in [5.74, 6) is -0.419. The van der Waals surface area contributed by atoms with E-state index in [1.54, 1.807) is 4.90 Å². The normalized spacial score (nSPS) is 25.4. The van der Waals surface area contributed by atoms with Crippen LogP contribution in [0.5, 0.6) is 0 Å². The Balaban J connectivity index is 1.87. The molecule has 8 heteroatoms. The molecule has 2 atom stereocenters. The summed E-state index contributed by atoms with van der Waals surface area (Å²) in [7, 11) is 0. The Morgan fingerprint density at radius 1 is 1.48 bits per heavy atom. The van der Waals surface area contributed by atoms with Crippen molar-refractivity contribution < 1.29 is 22.7 Å². The van der Waals surface area contributed by atoms with Crippen LogP contribution >= 0.6 is 0 Å². The first-order valence-electron chi connectivity index (χ1n) is 8.05. The average molecular weight is 353 g/mol. The van der Waals surface area contributed by atoms with Gasteiger partial charge in [-0.05, 0) is 18.9 Å². The number of aromatic nitrogens is 1. The number of alkyl halides is 3. The largest absolute Gasteiger partial charge is 0.434 e. The molecule has 0 bridgehead atoms. The number of carbonyl (C=O) groups is 1. The second kappa shape index (κ2) is 5.99. The zero-order chi connectivity index (χ0) is 18.4. The van der Waals surface area contributed by atoms with Gasteiger partial charge in [-0.1, -0.05) is 13.8 Å². The minimum atomic E-state index is -4.73. The van der Waals surface area contributed by atoms with Gasteiger partial charge in [-0.25, -0.2) is 4.98 Å².